The lowest BCUT2D eigenvalue weighted by Gasteiger charge is -2.16. The number of rotatable bonds is 5. The second-order valence-electron chi connectivity index (χ2n) is 7.93. The Morgan fingerprint density at radius 2 is 1.75 bits per heavy atom. The van der Waals surface area contributed by atoms with Crippen molar-refractivity contribution < 1.29 is 4.79 Å². The van der Waals surface area contributed by atoms with Crippen molar-refractivity contribution >= 4 is 34.3 Å². The molecule has 0 unspecified atom stereocenters. The van der Waals surface area contributed by atoms with E-state index in [4.69, 9.17) is 4.98 Å². The Bertz CT molecular complexity index is 1390. The van der Waals surface area contributed by atoms with Crippen LogP contribution in [-0.2, 0) is 4.79 Å². The second-order valence-corrected chi connectivity index (χ2v) is 8.87. The summed E-state index contributed by atoms with van der Waals surface area (Å²) in [6.45, 7) is 7.97. The molecule has 3 aromatic carbocycles. The van der Waals surface area contributed by atoms with Crippen molar-refractivity contribution in [3.05, 3.63) is 93.3 Å². The van der Waals surface area contributed by atoms with Gasteiger partial charge >= 0.3 is 0 Å². The molecule has 32 heavy (non-hydrogen) atoms. The third-order valence-corrected chi connectivity index (χ3v) is 6.50. The first-order valence-corrected chi connectivity index (χ1v) is 11.4. The van der Waals surface area contributed by atoms with Crippen molar-refractivity contribution in [3.63, 3.8) is 0 Å². The van der Waals surface area contributed by atoms with E-state index in [2.05, 4.69) is 5.32 Å². The summed E-state index contributed by atoms with van der Waals surface area (Å²) in [7, 11) is 0. The van der Waals surface area contributed by atoms with Gasteiger partial charge in [0.1, 0.15) is 0 Å². The fourth-order valence-corrected chi connectivity index (χ4v) is 4.39. The van der Waals surface area contributed by atoms with Crippen molar-refractivity contribution in [2.24, 2.45) is 0 Å². The van der Waals surface area contributed by atoms with Crippen LogP contribution in [0.4, 0.5) is 5.69 Å². The van der Waals surface area contributed by atoms with E-state index < -0.39 is 0 Å². The van der Waals surface area contributed by atoms with Crippen LogP contribution in [0.25, 0.3) is 16.6 Å². The van der Waals surface area contributed by atoms with Crippen LogP contribution in [0.1, 0.15) is 22.3 Å². The van der Waals surface area contributed by atoms with E-state index in [9.17, 15) is 9.59 Å². The minimum atomic E-state index is -0.140. The summed E-state index contributed by atoms with van der Waals surface area (Å²) in [5, 5.41) is 4.03. The molecule has 0 saturated heterocycles. The van der Waals surface area contributed by atoms with Crippen LogP contribution in [0, 0.1) is 27.7 Å². The quantitative estimate of drug-likeness (QED) is 0.334. The number of para-hydroxylation sites is 1. The Morgan fingerprint density at radius 3 is 2.56 bits per heavy atom. The number of amides is 1. The molecule has 5 nitrogen and oxygen atoms in total. The van der Waals surface area contributed by atoms with Gasteiger partial charge in [0.05, 0.1) is 22.3 Å². The summed E-state index contributed by atoms with van der Waals surface area (Å²) in [5.74, 6) is 0.00173. The van der Waals surface area contributed by atoms with Gasteiger partial charge in [-0.15, -0.1) is 0 Å². The van der Waals surface area contributed by atoms with Crippen LogP contribution in [0.2, 0.25) is 0 Å². The average molecular weight is 444 g/mol. The number of aryl methyl sites for hydroxylation is 3. The minimum absolute atomic E-state index is 0.137. The summed E-state index contributed by atoms with van der Waals surface area (Å²) in [4.78, 5) is 30.9. The summed E-state index contributed by atoms with van der Waals surface area (Å²) in [6, 6.07) is 19.1. The van der Waals surface area contributed by atoms with Gasteiger partial charge in [0, 0.05) is 5.69 Å². The molecule has 1 heterocycles. The van der Waals surface area contributed by atoms with Gasteiger partial charge in [0.2, 0.25) is 5.91 Å². The van der Waals surface area contributed by atoms with Crippen LogP contribution in [0.5, 0.6) is 0 Å². The molecule has 0 atom stereocenters. The molecular weight excluding hydrogens is 418 g/mol. The predicted molar refractivity (Wildman–Crippen MR) is 132 cm³/mol. The van der Waals surface area contributed by atoms with Gasteiger partial charge in [-0.25, -0.2) is 4.98 Å². The number of hydrogen-bond acceptors (Lipinski definition) is 4. The predicted octanol–water partition coefficient (Wildman–Crippen LogP) is 5.35. The van der Waals surface area contributed by atoms with Crippen LogP contribution in [0.15, 0.2) is 70.6 Å². The molecule has 4 aromatic rings. The summed E-state index contributed by atoms with van der Waals surface area (Å²) in [6.07, 6.45) is 0. The van der Waals surface area contributed by atoms with Gasteiger partial charge in [-0.3, -0.25) is 14.2 Å². The van der Waals surface area contributed by atoms with Crippen LogP contribution < -0.4 is 10.9 Å². The Labute approximate surface area is 191 Å². The van der Waals surface area contributed by atoms with Gasteiger partial charge in [0.25, 0.3) is 5.56 Å². The van der Waals surface area contributed by atoms with Crippen molar-refractivity contribution in [2.45, 2.75) is 32.9 Å². The number of thioether (sulfide) groups is 1. The zero-order valence-corrected chi connectivity index (χ0v) is 19.4. The van der Waals surface area contributed by atoms with E-state index in [0.29, 0.717) is 16.1 Å². The van der Waals surface area contributed by atoms with Crippen molar-refractivity contribution in [3.8, 4) is 5.69 Å². The lowest BCUT2D eigenvalue weighted by molar-refractivity contribution is -0.113. The first-order valence-electron chi connectivity index (χ1n) is 10.4. The van der Waals surface area contributed by atoms with E-state index in [1.807, 2.05) is 82.3 Å². The lowest BCUT2D eigenvalue weighted by Crippen LogP contribution is -2.23. The molecule has 0 fully saturated rings. The molecular formula is C26H25N3O2S. The monoisotopic (exact) mass is 443 g/mol. The van der Waals surface area contributed by atoms with E-state index >= 15 is 0 Å². The van der Waals surface area contributed by atoms with Gasteiger partial charge in [-0.05, 0) is 74.2 Å². The molecule has 0 radical (unpaired) electrons. The molecule has 0 aliphatic carbocycles. The maximum Gasteiger partial charge on any atom is 0.266 e. The Morgan fingerprint density at radius 1 is 0.969 bits per heavy atom. The van der Waals surface area contributed by atoms with E-state index in [-0.39, 0.29) is 17.2 Å². The molecule has 0 spiro atoms. The molecule has 1 aromatic heterocycles. The zero-order chi connectivity index (χ0) is 22.8. The topological polar surface area (TPSA) is 64.0 Å². The van der Waals surface area contributed by atoms with E-state index in [1.54, 1.807) is 10.6 Å². The second kappa shape index (κ2) is 9.01. The molecule has 162 valence electrons. The maximum atomic E-state index is 13.4. The van der Waals surface area contributed by atoms with Gasteiger partial charge < -0.3 is 5.32 Å². The number of aromatic nitrogens is 2. The highest BCUT2D eigenvalue weighted by molar-refractivity contribution is 7.99. The highest BCUT2D eigenvalue weighted by atomic mass is 32.2. The van der Waals surface area contributed by atoms with Crippen molar-refractivity contribution in [2.75, 3.05) is 11.1 Å². The van der Waals surface area contributed by atoms with E-state index in [0.717, 1.165) is 33.6 Å². The molecule has 0 bridgehead atoms. The fraction of sp³-hybridized carbons (Fsp3) is 0.192. The largest absolute Gasteiger partial charge is 0.325 e. The van der Waals surface area contributed by atoms with Crippen molar-refractivity contribution in [1.29, 1.82) is 0 Å². The molecule has 0 aliphatic rings. The summed E-state index contributed by atoms with van der Waals surface area (Å²) >= 11 is 1.26. The number of carbonyl (C=O) groups excluding carboxylic acids is 1. The van der Waals surface area contributed by atoms with E-state index in [1.165, 1.54) is 11.8 Å². The zero-order valence-electron chi connectivity index (χ0n) is 18.6. The highest BCUT2D eigenvalue weighted by Gasteiger charge is 2.16. The Kier molecular flexibility index (Phi) is 6.15. The summed E-state index contributed by atoms with van der Waals surface area (Å²) < 4.78 is 1.63. The number of carbonyl (C=O) groups is 1. The van der Waals surface area contributed by atoms with Crippen LogP contribution in [0.3, 0.4) is 0 Å². The third-order valence-electron chi connectivity index (χ3n) is 5.56. The third kappa shape index (κ3) is 4.32. The number of hydrogen-bond donors (Lipinski definition) is 1. The van der Waals surface area contributed by atoms with Crippen LogP contribution in [-0.4, -0.2) is 21.2 Å². The highest BCUT2D eigenvalue weighted by Crippen LogP contribution is 2.25. The van der Waals surface area contributed by atoms with Gasteiger partial charge in [-0.2, -0.15) is 0 Å². The molecule has 0 saturated carbocycles. The molecule has 6 heteroatoms. The Balaban J connectivity index is 1.71. The average Bonchev–Trinajstić information content (AvgIpc) is 2.77. The lowest BCUT2D eigenvalue weighted by atomic mass is 10.1. The standard InChI is InChI=1S/C26H25N3O2S/c1-16-12-13-18(3)23(14-16)29-25(31)20-9-5-6-10-22(20)28-26(29)32-15-24(30)27-21-11-7-8-17(2)19(21)4/h5-14H,15H2,1-4H3,(H,27,30). The first kappa shape index (κ1) is 21.8. The number of anilines is 1. The SMILES string of the molecule is Cc1ccc(C)c(-n2c(SCC(=O)Nc3cccc(C)c3C)nc3ccccc3c2=O)c1. The van der Waals surface area contributed by atoms with Gasteiger partial charge in [-0.1, -0.05) is 48.2 Å². The van der Waals surface area contributed by atoms with Crippen molar-refractivity contribution in [1.82, 2.24) is 9.55 Å². The minimum Gasteiger partial charge on any atom is -0.325 e. The number of fused-ring (bicyclic) bond motifs is 1. The first-order chi connectivity index (χ1) is 15.3. The molecule has 1 amide bonds. The molecule has 4 rings (SSSR count). The Hall–Kier alpha value is -3.38. The van der Waals surface area contributed by atoms with Gasteiger partial charge in [0.15, 0.2) is 5.16 Å². The smallest absolute Gasteiger partial charge is 0.266 e. The number of nitrogens with one attached hydrogen (secondary N) is 1. The number of nitrogens with zero attached hydrogens (tertiary/aromatic N) is 2. The molecule has 1 N–H and O–H groups in total. The summed E-state index contributed by atoms with van der Waals surface area (Å²) in [5.41, 5.74) is 6.25. The van der Waals surface area contributed by atoms with Crippen LogP contribution >= 0.6 is 11.8 Å². The maximum absolute atomic E-state index is 13.4. The normalized spacial score (nSPS) is 11.0. The fourth-order valence-electron chi connectivity index (χ4n) is 3.58. The number of benzene rings is 3. The molecule has 0 aliphatic heterocycles.